The summed E-state index contributed by atoms with van der Waals surface area (Å²) in [4.78, 5) is 10.9. The molecule has 1 unspecified atom stereocenters. The van der Waals surface area contributed by atoms with E-state index in [1.54, 1.807) is 48.5 Å². The van der Waals surface area contributed by atoms with Crippen molar-refractivity contribution in [3.8, 4) is 0 Å². The molecule has 0 amide bonds. The maximum atomic E-state index is 13.1. The molecule has 1 aliphatic heterocycles. The number of aryl methyl sites for hydroxylation is 1. The molecule has 3 rings (SSSR count). The molecule has 1 aliphatic rings. The summed E-state index contributed by atoms with van der Waals surface area (Å²) in [7, 11) is 0. The fraction of sp³-hybridized carbons (Fsp3) is 0.235. The molecule has 0 fully saturated rings. The monoisotopic (exact) mass is 338 g/mol. The lowest BCUT2D eigenvalue weighted by molar-refractivity contribution is -0.161. The summed E-state index contributed by atoms with van der Waals surface area (Å²) in [6.45, 7) is 1.84. The first-order valence-electron chi connectivity index (χ1n) is 6.94. The molecule has 0 N–H and O–H groups in total. The Labute approximate surface area is 135 Å². The number of carbonyl (C=O) groups excluding carboxylic acids is 1. The van der Waals surface area contributed by atoms with Crippen molar-refractivity contribution >= 4 is 17.7 Å². The van der Waals surface area contributed by atoms with Crippen LogP contribution in [0.15, 0.2) is 53.4 Å². The van der Waals surface area contributed by atoms with Crippen molar-refractivity contribution in [3.63, 3.8) is 0 Å². The van der Waals surface area contributed by atoms with Gasteiger partial charge < -0.3 is 4.74 Å². The number of esters is 1. The van der Waals surface area contributed by atoms with Crippen LogP contribution in [0.2, 0.25) is 0 Å². The molecule has 1 atom stereocenters. The number of thioether (sulfide) groups is 1. The Morgan fingerprint density at radius 2 is 1.74 bits per heavy atom. The van der Waals surface area contributed by atoms with E-state index in [-0.39, 0.29) is 0 Å². The summed E-state index contributed by atoms with van der Waals surface area (Å²) in [5.74, 6) is -0.732. The first-order chi connectivity index (χ1) is 10.8. The van der Waals surface area contributed by atoms with Crippen LogP contribution in [0.5, 0.6) is 0 Å². The predicted octanol–water partition coefficient (Wildman–Crippen LogP) is 5.06. The van der Waals surface area contributed by atoms with Crippen LogP contribution in [-0.2, 0) is 9.67 Å². The second kappa shape index (κ2) is 5.60. The summed E-state index contributed by atoms with van der Waals surface area (Å²) < 4.78 is 44.8. The molecular formula is C17H13F3O2S. The number of carbonyl (C=O) groups is 1. The van der Waals surface area contributed by atoms with Crippen LogP contribution in [0.25, 0.3) is 0 Å². The van der Waals surface area contributed by atoms with Crippen LogP contribution >= 0.6 is 11.8 Å². The molecule has 23 heavy (non-hydrogen) atoms. The van der Waals surface area contributed by atoms with Crippen LogP contribution in [0.1, 0.15) is 27.9 Å². The van der Waals surface area contributed by atoms with Crippen molar-refractivity contribution in [1.82, 2.24) is 0 Å². The molecule has 120 valence electrons. The number of hydrogen-bond acceptors (Lipinski definition) is 3. The van der Waals surface area contributed by atoms with Gasteiger partial charge in [-0.2, -0.15) is 13.2 Å². The zero-order chi connectivity index (χ0) is 16.7. The fourth-order valence-electron chi connectivity index (χ4n) is 2.49. The predicted molar refractivity (Wildman–Crippen MR) is 81.2 cm³/mol. The summed E-state index contributed by atoms with van der Waals surface area (Å²) in [6.07, 6.45) is -5.71. The van der Waals surface area contributed by atoms with Gasteiger partial charge in [0, 0.05) is 10.5 Å². The third-order valence-corrected chi connectivity index (χ3v) is 4.93. The molecule has 0 bridgehead atoms. The molecule has 0 aromatic heterocycles. The summed E-state index contributed by atoms with van der Waals surface area (Å²) in [5, 5.41) is 0. The van der Waals surface area contributed by atoms with E-state index in [1.165, 1.54) is 0 Å². The smallest absolute Gasteiger partial charge is 0.394 e. The van der Waals surface area contributed by atoms with Gasteiger partial charge in [0.15, 0.2) is 4.93 Å². The molecular weight excluding hydrogens is 325 g/mol. The quantitative estimate of drug-likeness (QED) is 0.716. The number of fused-ring (bicyclic) bond motifs is 1. The van der Waals surface area contributed by atoms with E-state index in [4.69, 9.17) is 4.74 Å². The van der Waals surface area contributed by atoms with E-state index in [9.17, 15) is 18.0 Å². The summed E-state index contributed by atoms with van der Waals surface area (Å²) in [5.41, 5.74) is 1.54. The minimum atomic E-state index is -4.47. The summed E-state index contributed by atoms with van der Waals surface area (Å²) in [6, 6.07) is 13.1. The highest BCUT2D eigenvalue weighted by Crippen LogP contribution is 2.53. The lowest BCUT2D eigenvalue weighted by Crippen LogP contribution is -2.37. The summed E-state index contributed by atoms with van der Waals surface area (Å²) >= 11 is 0.931. The highest BCUT2D eigenvalue weighted by atomic mass is 32.2. The normalized spacial score (nSPS) is 20.8. The van der Waals surface area contributed by atoms with Crippen molar-refractivity contribution in [2.24, 2.45) is 0 Å². The molecule has 0 aliphatic carbocycles. The van der Waals surface area contributed by atoms with Gasteiger partial charge in [-0.15, -0.1) is 0 Å². The SMILES string of the molecule is Cc1ccc(C2(CC(F)(F)F)OC(=O)c3ccccc3S2)cc1. The van der Waals surface area contributed by atoms with Crippen LogP contribution in [-0.4, -0.2) is 12.1 Å². The van der Waals surface area contributed by atoms with Crippen LogP contribution in [0.4, 0.5) is 13.2 Å². The van der Waals surface area contributed by atoms with Gasteiger partial charge in [0.25, 0.3) is 0 Å². The minimum absolute atomic E-state index is 0.294. The van der Waals surface area contributed by atoms with Gasteiger partial charge in [0.2, 0.25) is 0 Å². The minimum Gasteiger partial charge on any atom is -0.439 e. The molecule has 6 heteroatoms. The fourth-order valence-corrected chi connectivity index (χ4v) is 3.86. The van der Waals surface area contributed by atoms with Gasteiger partial charge in [-0.25, -0.2) is 4.79 Å². The van der Waals surface area contributed by atoms with Crippen molar-refractivity contribution in [3.05, 3.63) is 65.2 Å². The second-order valence-electron chi connectivity index (χ2n) is 5.40. The Hall–Kier alpha value is -1.95. The molecule has 0 saturated heterocycles. The Balaban J connectivity index is 2.11. The highest BCUT2D eigenvalue weighted by Gasteiger charge is 2.50. The van der Waals surface area contributed by atoms with E-state index in [1.807, 2.05) is 6.92 Å². The van der Waals surface area contributed by atoms with Crippen molar-refractivity contribution in [2.45, 2.75) is 29.3 Å². The standard InChI is InChI=1S/C17H13F3O2S/c1-11-6-8-12(9-7-11)16(10-17(18,19)20)22-15(21)13-4-2-3-5-14(13)23-16/h2-9H,10H2,1H3. The third kappa shape index (κ3) is 3.22. The molecule has 0 radical (unpaired) electrons. The maximum absolute atomic E-state index is 13.1. The number of cyclic esters (lactones) is 1. The Bertz CT molecular complexity index is 740. The molecule has 2 aromatic rings. The number of rotatable bonds is 2. The van der Waals surface area contributed by atoms with Gasteiger partial charge >= 0.3 is 12.1 Å². The molecule has 2 aromatic carbocycles. The van der Waals surface area contributed by atoms with Crippen molar-refractivity contribution < 1.29 is 22.7 Å². The van der Waals surface area contributed by atoms with E-state index < -0.39 is 23.5 Å². The topological polar surface area (TPSA) is 26.3 Å². The Kier molecular flexibility index (Phi) is 3.88. The number of alkyl halides is 3. The van der Waals surface area contributed by atoms with Gasteiger partial charge in [0.05, 0.1) is 12.0 Å². The first-order valence-corrected chi connectivity index (χ1v) is 7.76. The number of benzene rings is 2. The van der Waals surface area contributed by atoms with Gasteiger partial charge in [0.1, 0.15) is 0 Å². The highest BCUT2D eigenvalue weighted by molar-refractivity contribution is 8.00. The van der Waals surface area contributed by atoms with Crippen molar-refractivity contribution in [2.75, 3.05) is 0 Å². The van der Waals surface area contributed by atoms with Gasteiger partial charge in [-0.05, 0) is 19.1 Å². The lowest BCUT2D eigenvalue weighted by atomic mass is 10.0. The first kappa shape index (κ1) is 15.9. The number of ether oxygens (including phenoxy) is 1. The largest absolute Gasteiger partial charge is 0.439 e. The molecule has 0 spiro atoms. The lowest BCUT2D eigenvalue weighted by Gasteiger charge is -2.37. The van der Waals surface area contributed by atoms with Crippen LogP contribution < -0.4 is 0 Å². The van der Waals surface area contributed by atoms with Crippen LogP contribution in [0, 0.1) is 6.92 Å². The molecule has 2 nitrogen and oxygen atoms in total. The van der Waals surface area contributed by atoms with Crippen LogP contribution in [0.3, 0.4) is 0 Å². The second-order valence-corrected chi connectivity index (χ2v) is 6.70. The zero-order valence-corrected chi connectivity index (χ0v) is 13.0. The number of halogens is 3. The van der Waals surface area contributed by atoms with E-state index in [0.717, 1.165) is 17.3 Å². The van der Waals surface area contributed by atoms with Gasteiger partial charge in [-0.1, -0.05) is 53.7 Å². The van der Waals surface area contributed by atoms with E-state index in [2.05, 4.69) is 0 Å². The van der Waals surface area contributed by atoms with E-state index >= 15 is 0 Å². The Morgan fingerprint density at radius 1 is 1.09 bits per heavy atom. The molecule has 1 heterocycles. The third-order valence-electron chi connectivity index (χ3n) is 3.56. The van der Waals surface area contributed by atoms with Gasteiger partial charge in [-0.3, -0.25) is 0 Å². The number of hydrogen-bond donors (Lipinski definition) is 0. The maximum Gasteiger partial charge on any atom is 0.394 e. The molecule has 0 saturated carbocycles. The van der Waals surface area contributed by atoms with E-state index in [0.29, 0.717) is 16.0 Å². The Morgan fingerprint density at radius 3 is 2.39 bits per heavy atom. The average Bonchev–Trinajstić information content (AvgIpc) is 2.46. The zero-order valence-electron chi connectivity index (χ0n) is 12.2. The van der Waals surface area contributed by atoms with Crippen molar-refractivity contribution in [1.29, 1.82) is 0 Å². The average molecular weight is 338 g/mol.